The molecular formula is C20H20N3O3+. The number of aromatic nitrogens is 2. The first-order valence-corrected chi connectivity index (χ1v) is 8.62. The molecule has 4 N–H and O–H groups in total. The van der Waals surface area contributed by atoms with Crippen molar-refractivity contribution in [1.82, 2.24) is 9.55 Å². The Morgan fingerprint density at radius 1 is 1.15 bits per heavy atom. The molecule has 1 atom stereocenters. The van der Waals surface area contributed by atoms with Crippen molar-refractivity contribution in [3.05, 3.63) is 91.6 Å². The van der Waals surface area contributed by atoms with Gasteiger partial charge in [-0.15, -0.1) is 0 Å². The molecule has 1 aliphatic rings. The Labute approximate surface area is 149 Å². The van der Waals surface area contributed by atoms with Crippen LogP contribution in [0.25, 0.3) is 5.69 Å². The maximum Gasteiger partial charge on any atom is 0.335 e. The third kappa shape index (κ3) is 2.64. The summed E-state index contributed by atoms with van der Waals surface area (Å²) in [6, 6.07) is 14.8. The van der Waals surface area contributed by atoms with Crippen molar-refractivity contribution in [3.63, 3.8) is 0 Å². The molecule has 1 aliphatic heterocycles. The van der Waals surface area contributed by atoms with Crippen molar-refractivity contribution in [2.75, 3.05) is 6.54 Å². The lowest BCUT2D eigenvalue weighted by molar-refractivity contribution is -0.690. The Hall–Kier alpha value is -3.12. The minimum Gasteiger partial charge on any atom is -0.494 e. The van der Waals surface area contributed by atoms with Crippen LogP contribution in [0.15, 0.2) is 58.1 Å². The fourth-order valence-corrected chi connectivity index (χ4v) is 3.70. The molecule has 6 heteroatoms. The summed E-state index contributed by atoms with van der Waals surface area (Å²) >= 11 is 0. The standard InChI is InChI=1S/C20H19N3O3/c1-12-5-4-7-14(11-12)23-19(25)16(18(24)22-20(23)26)17-15-8-3-2-6-13(15)9-10-21-17/h2-8,11,17,21,25H,9-10H2,1H3,(H,22,24,26)/p+1/t17-/m1/s1. The van der Waals surface area contributed by atoms with Gasteiger partial charge in [-0.3, -0.25) is 9.78 Å². The van der Waals surface area contributed by atoms with E-state index in [1.807, 2.05) is 48.6 Å². The zero-order valence-electron chi connectivity index (χ0n) is 14.4. The first-order chi connectivity index (χ1) is 12.6. The van der Waals surface area contributed by atoms with E-state index in [2.05, 4.69) is 4.98 Å². The number of H-pyrrole nitrogens is 1. The molecule has 26 heavy (non-hydrogen) atoms. The lowest BCUT2D eigenvalue weighted by Gasteiger charge is -2.24. The Kier molecular flexibility index (Phi) is 3.97. The van der Waals surface area contributed by atoms with E-state index in [-0.39, 0.29) is 17.5 Å². The average molecular weight is 350 g/mol. The minimum absolute atomic E-state index is 0.207. The number of nitrogens with two attached hydrogens (primary N) is 1. The van der Waals surface area contributed by atoms with Gasteiger partial charge >= 0.3 is 5.69 Å². The number of aryl methyl sites for hydroxylation is 1. The molecule has 0 aliphatic carbocycles. The van der Waals surface area contributed by atoms with E-state index >= 15 is 0 Å². The van der Waals surface area contributed by atoms with Crippen LogP contribution in [0.3, 0.4) is 0 Å². The van der Waals surface area contributed by atoms with Crippen molar-refractivity contribution in [2.45, 2.75) is 19.4 Å². The third-order valence-corrected chi connectivity index (χ3v) is 4.90. The van der Waals surface area contributed by atoms with E-state index < -0.39 is 11.2 Å². The summed E-state index contributed by atoms with van der Waals surface area (Å²) in [6.45, 7) is 2.72. The Morgan fingerprint density at radius 2 is 1.96 bits per heavy atom. The molecule has 1 aromatic heterocycles. The van der Waals surface area contributed by atoms with Crippen molar-refractivity contribution in [1.29, 1.82) is 0 Å². The van der Waals surface area contributed by atoms with Gasteiger partial charge in [-0.1, -0.05) is 36.4 Å². The summed E-state index contributed by atoms with van der Waals surface area (Å²) < 4.78 is 1.16. The van der Waals surface area contributed by atoms with Gasteiger partial charge in [-0.25, -0.2) is 9.36 Å². The van der Waals surface area contributed by atoms with E-state index in [0.717, 1.165) is 34.2 Å². The molecule has 0 unspecified atom stereocenters. The highest BCUT2D eigenvalue weighted by molar-refractivity contribution is 5.44. The molecule has 0 fully saturated rings. The highest BCUT2D eigenvalue weighted by atomic mass is 16.3. The molecule has 2 heterocycles. The molecule has 0 saturated carbocycles. The summed E-state index contributed by atoms with van der Waals surface area (Å²) in [5, 5.41) is 12.9. The van der Waals surface area contributed by atoms with Crippen molar-refractivity contribution >= 4 is 0 Å². The predicted octanol–water partition coefficient (Wildman–Crippen LogP) is 0.749. The lowest BCUT2D eigenvalue weighted by atomic mass is 9.90. The van der Waals surface area contributed by atoms with Gasteiger partial charge in [-0.05, 0) is 30.2 Å². The molecule has 0 bridgehead atoms. The van der Waals surface area contributed by atoms with Gasteiger partial charge in [0.1, 0.15) is 11.6 Å². The van der Waals surface area contributed by atoms with Crippen LogP contribution in [0.4, 0.5) is 0 Å². The van der Waals surface area contributed by atoms with Crippen molar-refractivity contribution in [3.8, 4) is 11.6 Å². The number of hydrogen-bond acceptors (Lipinski definition) is 3. The van der Waals surface area contributed by atoms with E-state index in [1.165, 1.54) is 0 Å². The molecule has 2 aromatic carbocycles. The van der Waals surface area contributed by atoms with E-state index in [1.54, 1.807) is 12.1 Å². The number of aromatic amines is 1. The van der Waals surface area contributed by atoms with Gasteiger partial charge in [0, 0.05) is 12.0 Å². The van der Waals surface area contributed by atoms with Gasteiger partial charge in [0.15, 0.2) is 0 Å². The Morgan fingerprint density at radius 3 is 2.77 bits per heavy atom. The highest BCUT2D eigenvalue weighted by Crippen LogP contribution is 2.28. The average Bonchev–Trinajstić information content (AvgIpc) is 2.61. The van der Waals surface area contributed by atoms with Gasteiger partial charge in [0.05, 0.1) is 12.2 Å². The molecule has 0 amide bonds. The molecule has 132 valence electrons. The molecule has 3 aromatic rings. The van der Waals surface area contributed by atoms with Crippen LogP contribution in [0.5, 0.6) is 5.88 Å². The number of rotatable bonds is 2. The quantitative estimate of drug-likeness (QED) is 0.637. The summed E-state index contributed by atoms with van der Waals surface area (Å²) in [5.41, 5.74) is 2.64. The molecule has 0 spiro atoms. The maximum atomic E-state index is 12.6. The first-order valence-electron chi connectivity index (χ1n) is 8.62. The van der Waals surface area contributed by atoms with Crippen LogP contribution in [0.1, 0.15) is 28.3 Å². The second-order valence-electron chi connectivity index (χ2n) is 6.62. The van der Waals surface area contributed by atoms with Gasteiger partial charge < -0.3 is 10.4 Å². The lowest BCUT2D eigenvalue weighted by Crippen LogP contribution is -2.87. The molecule has 6 nitrogen and oxygen atoms in total. The minimum atomic E-state index is -0.647. The number of benzene rings is 2. The maximum absolute atomic E-state index is 12.6. The molecule has 0 saturated heterocycles. The molecular weight excluding hydrogens is 330 g/mol. The van der Waals surface area contributed by atoms with E-state index in [9.17, 15) is 14.7 Å². The van der Waals surface area contributed by atoms with Crippen molar-refractivity contribution < 1.29 is 10.4 Å². The largest absolute Gasteiger partial charge is 0.494 e. The molecule has 4 rings (SSSR count). The topological polar surface area (TPSA) is 91.7 Å². The third-order valence-electron chi connectivity index (χ3n) is 4.90. The number of nitrogens with zero attached hydrogens (tertiary/aromatic N) is 1. The van der Waals surface area contributed by atoms with E-state index in [4.69, 9.17) is 0 Å². The predicted molar refractivity (Wildman–Crippen MR) is 97.8 cm³/mol. The SMILES string of the molecule is Cc1cccc(-n2c(O)c([C@@H]3[NH2+]CCc4ccccc43)c(=O)[nH]c2=O)c1. The van der Waals surface area contributed by atoms with Gasteiger partial charge in [0.2, 0.25) is 5.88 Å². The molecule has 0 radical (unpaired) electrons. The summed E-state index contributed by atoms with van der Waals surface area (Å²) in [7, 11) is 0. The number of fused-ring (bicyclic) bond motifs is 1. The summed E-state index contributed by atoms with van der Waals surface area (Å²) in [4.78, 5) is 27.3. The number of quaternary nitrogens is 1. The first kappa shape index (κ1) is 16.4. The normalized spacial score (nSPS) is 16.3. The van der Waals surface area contributed by atoms with Crippen LogP contribution in [0.2, 0.25) is 0 Å². The van der Waals surface area contributed by atoms with Crippen molar-refractivity contribution in [2.24, 2.45) is 0 Å². The van der Waals surface area contributed by atoms with Crippen LogP contribution >= 0.6 is 0 Å². The summed E-state index contributed by atoms with van der Waals surface area (Å²) in [6.07, 6.45) is 0.906. The fraction of sp³-hybridized carbons (Fsp3) is 0.200. The van der Waals surface area contributed by atoms with Crippen LogP contribution in [-0.4, -0.2) is 21.2 Å². The van der Waals surface area contributed by atoms with Crippen LogP contribution < -0.4 is 16.6 Å². The van der Waals surface area contributed by atoms with E-state index in [0.29, 0.717) is 5.69 Å². The smallest absolute Gasteiger partial charge is 0.335 e. The zero-order chi connectivity index (χ0) is 18.3. The fourth-order valence-electron chi connectivity index (χ4n) is 3.70. The Bertz CT molecular complexity index is 1100. The van der Waals surface area contributed by atoms with Crippen LogP contribution in [0, 0.1) is 6.92 Å². The monoisotopic (exact) mass is 350 g/mol. The number of hydrogen-bond donors (Lipinski definition) is 3. The van der Waals surface area contributed by atoms with Gasteiger partial charge in [0.25, 0.3) is 5.56 Å². The van der Waals surface area contributed by atoms with Crippen LogP contribution in [-0.2, 0) is 6.42 Å². The van der Waals surface area contributed by atoms with Gasteiger partial charge in [-0.2, -0.15) is 0 Å². The second kappa shape index (κ2) is 6.31. The number of nitrogens with one attached hydrogen (secondary N) is 1. The zero-order valence-corrected chi connectivity index (χ0v) is 14.4. The second-order valence-corrected chi connectivity index (χ2v) is 6.62. The Balaban J connectivity index is 1.96. The summed E-state index contributed by atoms with van der Waals surface area (Å²) in [5.74, 6) is -0.303. The number of aromatic hydroxyl groups is 1. The highest BCUT2D eigenvalue weighted by Gasteiger charge is 2.31.